The van der Waals surface area contributed by atoms with E-state index in [1.165, 1.54) is 5.56 Å². The van der Waals surface area contributed by atoms with Crippen LogP contribution >= 0.6 is 0 Å². The fourth-order valence-electron chi connectivity index (χ4n) is 3.68. The van der Waals surface area contributed by atoms with E-state index in [1.807, 2.05) is 4.90 Å². The summed E-state index contributed by atoms with van der Waals surface area (Å²) in [4.78, 5) is 26.4. The predicted molar refractivity (Wildman–Crippen MR) is 110 cm³/mol. The summed E-state index contributed by atoms with van der Waals surface area (Å²) in [5.74, 6) is 0.948. The molecule has 1 saturated heterocycles. The highest BCUT2D eigenvalue weighted by atomic mass is 16.2. The van der Waals surface area contributed by atoms with Gasteiger partial charge in [-0.3, -0.25) is 4.79 Å². The Morgan fingerprint density at radius 1 is 1.07 bits per heavy atom. The second kappa shape index (κ2) is 9.77. The molecule has 0 saturated carbocycles. The lowest BCUT2D eigenvalue weighted by atomic mass is 9.92. The van der Waals surface area contributed by atoms with E-state index in [9.17, 15) is 9.59 Å². The van der Waals surface area contributed by atoms with Crippen molar-refractivity contribution in [3.05, 3.63) is 35.4 Å². The minimum Gasteiger partial charge on any atom is -0.359 e. The number of piperidine rings is 1. The average molecular weight is 374 g/mol. The number of carbonyl (C=O) groups excluding carboxylic acids is 2. The first-order chi connectivity index (χ1) is 12.9. The first kappa shape index (κ1) is 21.3. The first-order valence-corrected chi connectivity index (χ1v) is 10.2. The second-order valence-corrected chi connectivity index (χ2v) is 8.02. The SMILES string of the molecule is CC[C@@H](C)c1ccc([C@H](NC(=O)N2CCC(C(=O)NC)CC2)C(C)C)cc1. The zero-order valence-electron chi connectivity index (χ0n) is 17.4. The number of benzene rings is 1. The van der Waals surface area contributed by atoms with Gasteiger partial charge >= 0.3 is 6.03 Å². The number of likely N-dealkylation sites (tertiary alicyclic amines) is 1. The van der Waals surface area contributed by atoms with Gasteiger partial charge in [-0.15, -0.1) is 0 Å². The topological polar surface area (TPSA) is 61.4 Å². The van der Waals surface area contributed by atoms with Crippen molar-refractivity contribution in [2.75, 3.05) is 20.1 Å². The summed E-state index contributed by atoms with van der Waals surface area (Å²) >= 11 is 0. The van der Waals surface area contributed by atoms with Crippen molar-refractivity contribution >= 4 is 11.9 Å². The van der Waals surface area contributed by atoms with Gasteiger partial charge in [-0.25, -0.2) is 4.79 Å². The van der Waals surface area contributed by atoms with E-state index in [1.54, 1.807) is 7.05 Å². The summed E-state index contributed by atoms with van der Waals surface area (Å²) in [5.41, 5.74) is 2.48. The van der Waals surface area contributed by atoms with Gasteiger partial charge in [-0.1, -0.05) is 52.0 Å². The number of hydrogen-bond acceptors (Lipinski definition) is 2. The minimum atomic E-state index is -0.0324. The Kier molecular flexibility index (Phi) is 7.69. The molecule has 1 aliphatic heterocycles. The molecule has 0 unspecified atom stereocenters. The van der Waals surface area contributed by atoms with Crippen LogP contribution in [0, 0.1) is 11.8 Å². The fourth-order valence-corrected chi connectivity index (χ4v) is 3.68. The Morgan fingerprint density at radius 3 is 2.11 bits per heavy atom. The summed E-state index contributed by atoms with van der Waals surface area (Å²) in [6.45, 7) is 9.95. The van der Waals surface area contributed by atoms with Gasteiger partial charge < -0.3 is 15.5 Å². The van der Waals surface area contributed by atoms with Gasteiger partial charge in [0.15, 0.2) is 0 Å². The fraction of sp³-hybridized carbons (Fsp3) is 0.636. The van der Waals surface area contributed by atoms with E-state index < -0.39 is 0 Å². The molecule has 2 N–H and O–H groups in total. The number of rotatable bonds is 6. The maximum atomic E-state index is 12.8. The molecule has 0 radical (unpaired) electrons. The van der Waals surface area contributed by atoms with Crippen molar-refractivity contribution in [2.24, 2.45) is 11.8 Å². The number of amides is 3. The van der Waals surface area contributed by atoms with Gasteiger partial charge in [0.25, 0.3) is 0 Å². The van der Waals surface area contributed by atoms with Gasteiger partial charge in [-0.2, -0.15) is 0 Å². The van der Waals surface area contributed by atoms with E-state index in [0.717, 1.165) is 24.8 Å². The summed E-state index contributed by atoms with van der Waals surface area (Å²) in [6, 6.07) is 8.60. The second-order valence-electron chi connectivity index (χ2n) is 8.02. The Morgan fingerprint density at radius 2 is 1.63 bits per heavy atom. The number of urea groups is 1. The number of nitrogens with zero attached hydrogens (tertiary/aromatic N) is 1. The van der Waals surface area contributed by atoms with E-state index in [0.29, 0.717) is 24.9 Å². The van der Waals surface area contributed by atoms with E-state index in [-0.39, 0.29) is 23.9 Å². The summed E-state index contributed by atoms with van der Waals surface area (Å²) in [5, 5.41) is 5.92. The molecule has 0 aromatic heterocycles. The summed E-state index contributed by atoms with van der Waals surface area (Å²) in [7, 11) is 1.67. The smallest absolute Gasteiger partial charge is 0.317 e. The molecule has 0 bridgehead atoms. The Balaban J connectivity index is 2.00. The maximum absolute atomic E-state index is 12.8. The van der Waals surface area contributed by atoms with Gasteiger partial charge in [0.2, 0.25) is 5.91 Å². The molecular formula is C22H35N3O2. The van der Waals surface area contributed by atoms with Crippen LogP contribution < -0.4 is 10.6 Å². The molecule has 1 aromatic carbocycles. The van der Waals surface area contributed by atoms with Gasteiger partial charge in [0.1, 0.15) is 0 Å². The van der Waals surface area contributed by atoms with Crippen LogP contribution in [0.4, 0.5) is 4.79 Å². The van der Waals surface area contributed by atoms with Crippen molar-refractivity contribution in [3.8, 4) is 0 Å². The Bertz CT molecular complexity index is 619. The zero-order chi connectivity index (χ0) is 20.0. The molecule has 5 nitrogen and oxygen atoms in total. The van der Waals surface area contributed by atoms with Crippen LogP contribution in [-0.2, 0) is 4.79 Å². The van der Waals surface area contributed by atoms with E-state index in [2.05, 4.69) is 62.6 Å². The van der Waals surface area contributed by atoms with Crippen molar-refractivity contribution in [3.63, 3.8) is 0 Å². The molecule has 2 atom stereocenters. The molecule has 1 aliphatic rings. The third-order valence-corrected chi connectivity index (χ3v) is 5.82. The van der Waals surface area contributed by atoms with Crippen molar-refractivity contribution in [2.45, 2.75) is 58.9 Å². The molecule has 27 heavy (non-hydrogen) atoms. The Labute approximate surface area is 163 Å². The highest BCUT2D eigenvalue weighted by Gasteiger charge is 2.28. The molecule has 5 heteroatoms. The predicted octanol–water partition coefficient (Wildman–Crippen LogP) is 4.06. The van der Waals surface area contributed by atoms with Crippen molar-refractivity contribution in [1.82, 2.24) is 15.5 Å². The van der Waals surface area contributed by atoms with Crippen LogP contribution in [0.25, 0.3) is 0 Å². The number of carbonyl (C=O) groups is 2. The van der Waals surface area contributed by atoms with Gasteiger partial charge in [0.05, 0.1) is 6.04 Å². The molecule has 150 valence electrons. The third kappa shape index (κ3) is 5.47. The molecule has 1 heterocycles. The van der Waals surface area contributed by atoms with Crippen LogP contribution in [-0.4, -0.2) is 37.0 Å². The van der Waals surface area contributed by atoms with E-state index >= 15 is 0 Å². The molecule has 1 aromatic rings. The Hall–Kier alpha value is -2.04. The molecule has 2 rings (SSSR count). The molecule has 0 aliphatic carbocycles. The van der Waals surface area contributed by atoms with Gasteiger partial charge in [-0.05, 0) is 42.2 Å². The van der Waals surface area contributed by atoms with Crippen LogP contribution in [0.1, 0.15) is 70.0 Å². The summed E-state index contributed by atoms with van der Waals surface area (Å²) < 4.78 is 0. The third-order valence-electron chi connectivity index (χ3n) is 5.82. The van der Waals surface area contributed by atoms with E-state index in [4.69, 9.17) is 0 Å². The van der Waals surface area contributed by atoms with Crippen LogP contribution in [0.15, 0.2) is 24.3 Å². The molecule has 3 amide bonds. The van der Waals surface area contributed by atoms with Crippen LogP contribution in [0.2, 0.25) is 0 Å². The number of nitrogens with one attached hydrogen (secondary N) is 2. The molecule has 1 fully saturated rings. The summed E-state index contributed by atoms with van der Waals surface area (Å²) in [6.07, 6.45) is 2.57. The minimum absolute atomic E-state index is 0.0138. The number of hydrogen-bond donors (Lipinski definition) is 2. The normalized spacial score (nSPS) is 17.5. The first-order valence-electron chi connectivity index (χ1n) is 10.2. The molecular weight excluding hydrogens is 338 g/mol. The zero-order valence-corrected chi connectivity index (χ0v) is 17.4. The quantitative estimate of drug-likeness (QED) is 0.790. The maximum Gasteiger partial charge on any atom is 0.317 e. The monoisotopic (exact) mass is 373 g/mol. The highest BCUT2D eigenvalue weighted by Crippen LogP contribution is 2.26. The lowest BCUT2D eigenvalue weighted by Crippen LogP contribution is -2.48. The van der Waals surface area contributed by atoms with Crippen molar-refractivity contribution in [1.29, 1.82) is 0 Å². The van der Waals surface area contributed by atoms with Crippen LogP contribution in [0.5, 0.6) is 0 Å². The lowest BCUT2D eigenvalue weighted by Gasteiger charge is -2.33. The van der Waals surface area contributed by atoms with Gasteiger partial charge in [0, 0.05) is 26.1 Å². The largest absolute Gasteiger partial charge is 0.359 e. The van der Waals surface area contributed by atoms with Crippen molar-refractivity contribution < 1.29 is 9.59 Å². The lowest BCUT2D eigenvalue weighted by molar-refractivity contribution is -0.125. The highest BCUT2D eigenvalue weighted by molar-refractivity contribution is 5.79. The average Bonchev–Trinajstić information content (AvgIpc) is 2.70. The standard InChI is InChI=1S/C22H35N3O2/c1-6-16(4)17-7-9-18(10-8-17)20(15(2)3)24-22(27)25-13-11-19(12-14-25)21(26)23-5/h7-10,15-16,19-20H,6,11-14H2,1-5H3,(H,23,26)(H,24,27)/t16-,20-/m1/s1. The van der Waals surface area contributed by atoms with Crippen LogP contribution in [0.3, 0.4) is 0 Å². The molecule has 0 spiro atoms.